The van der Waals surface area contributed by atoms with Crippen LogP contribution in [0.15, 0.2) is 0 Å². The fourth-order valence-corrected chi connectivity index (χ4v) is 3.19. The molecule has 0 rings (SSSR count). The van der Waals surface area contributed by atoms with Gasteiger partial charge < -0.3 is 26.0 Å². The molecule has 0 spiro atoms. The molecule has 5 N–H and O–H groups in total. The van der Waals surface area contributed by atoms with Crippen LogP contribution in [-0.4, -0.2) is 57.1 Å². The van der Waals surface area contributed by atoms with Gasteiger partial charge in [0.1, 0.15) is 12.1 Å². The van der Waals surface area contributed by atoms with Crippen LogP contribution in [0.2, 0.25) is 0 Å². The Kier molecular flexibility index (Phi) is 16.5. The van der Waals surface area contributed by atoms with Crippen molar-refractivity contribution in [2.75, 3.05) is 0 Å². The lowest BCUT2D eigenvalue weighted by atomic mass is 10.1. The molecule has 0 unspecified atom stereocenters. The van der Waals surface area contributed by atoms with E-state index < -0.39 is 48.2 Å². The van der Waals surface area contributed by atoms with E-state index in [0.717, 1.165) is 19.3 Å². The zero-order valence-corrected chi connectivity index (χ0v) is 18.9. The Balaban J connectivity index is 4.20. The lowest BCUT2D eigenvalue weighted by molar-refractivity contribution is -0.144. The van der Waals surface area contributed by atoms with Gasteiger partial charge in [0.05, 0.1) is 0 Å². The van der Waals surface area contributed by atoms with Crippen LogP contribution in [0.4, 0.5) is 0 Å². The van der Waals surface area contributed by atoms with E-state index in [-0.39, 0.29) is 25.7 Å². The second-order valence-corrected chi connectivity index (χ2v) is 7.97. The molecule has 0 heterocycles. The van der Waals surface area contributed by atoms with Gasteiger partial charge in [-0.15, -0.1) is 0 Å². The van der Waals surface area contributed by atoms with Gasteiger partial charge in [0.25, 0.3) is 0 Å². The Labute approximate surface area is 189 Å². The normalized spacial score (nSPS) is 12.5. The molecule has 0 bridgehead atoms. The molecule has 32 heavy (non-hydrogen) atoms. The van der Waals surface area contributed by atoms with Crippen molar-refractivity contribution in [1.29, 1.82) is 0 Å². The van der Waals surface area contributed by atoms with Crippen LogP contribution in [0, 0.1) is 0 Å². The number of hydrogen-bond donors (Lipinski definition) is 5. The topological polar surface area (TPSA) is 170 Å². The van der Waals surface area contributed by atoms with Crippen LogP contribution < -0.4 is 10.6 Å². The lowest BCUT2D eigenvalue weighted by Crippen LogP contribution is -2.44. The highest BCUT2D eigenvalue weighted by Gasteiger charge is 2.24. The lowest BCUT2D eigenvalue weighted by Gasteiger charge is -2.16. The Morgan fingerprint density at radius 1 is 0.594 bits per heavy atom. The molecule has 2 atom stereocenters. The molecular formula is C22H38N2O8. The number of aliphatic carboxylic acids is 3. The molecular weight excluding hydrogens is 420 g/mol. The number of carboxylic acid groups (broad SMARTS) is 3. The average molecular weight is 459 g/mol. The predicted molar refractivity (Wildman–Crippen MR) is 117 cm³/mol. The molecule has 0 radical (unpaired) electrons. The number of rotatable bonds is 20. The minimum absolute atomic E-state index is 0.198. The second kappa shape index (κ2) is 18.0. The average Bonchev–Trinajstić information content (AvgIpc) is 2.72. The number of carbonyl (C=O) groups is 5. The Morgan fingerprint density at radius 3 is 1.44 bits per heavy atom. The van der Waals surface area contributed by atoms with Gasteiger partial charge >= 0.3 is 17.9 Å². The number of hydrogen-bond acceptors (Lipinski definition) is 5. The summed E-state index contributed by atoms with van der Waals surface area (Å²) < 4.78 is 0. The number of carboxylic acids is 3. The fourth-order valence-electron chi connectivity index (χ4n) is 3.19. The van der Waals surface area contributed by atoms with E-state index in [1.54, 1.807) is 0 Å². The summed E-state index contributed by atoms with van der Waals surface area (Å²) in [6, 6.07) is -2.63. The van der Waals surface area contributed by atoms with E-state index in [1.807, 2.05) is 0 Å². The zero-order chi connectivity index (χ0) is 24.4. The predicted octanol–water partition coefficient (Wildman–Crippen LogP) is 2.69. The Bertz CT molecular complexity index is 609. The molecule has 0 saturated carbocycles. The third kappa shape index (κ3) is 16.1. The first kappa shape index (κ1) is 29.4. The second-order valence-electron chi connectivity index (χ2n) is 7.97. The summed E-state index contributed by atoms with van der Waals surface area (Å²) in [5.41, 5.74) is 0. The van der Waals surface area contributed by atoms with Crippen LogP contribution in [-0.2, 0) is 24.0 Å². The summed E-state index contributed by atoms with van der Waals surface area (Å²) in [6.45, 7) is 2.18. The third-order valence-electron chi connectivity index (χ3n) is 5.08. The molecule has 0 aliphatic carbocycles. The van der Waals surface area contributed by atoms with Crippen LogP contribution in [0.3, 0.4) is 0 Å². The van der Waals surface area contributed by atoms with Crippen molar-refractivity contribution in [2.45, 2.75) is 109 Å². The van der Waals surface area contributed by atoms with E-state index in [0.29, 0.717) is 6.42 Å². The highest BCUT2D eigenvalue weighted by Crippen LogP contribution is 2.11. The summed E-state index contributed by atoms with van der Waals surface area (Å²) in [5.74, 6) is -4.96. The largest absolute Gasteiger partial charge is 0.481 e. The third-order valence-corrected chi connectivity index (χ3v) is 5.08. The van der Waals surface area contributed by atoms with E-state index in [9.17, 15) is 29.1 Å². The van der Waals surface area contributed by atoms with E-state index >= 15 is 0 Å². The van der Waals surface area contributed by atoms with Crippen LogP contribution >= 0.6 is 0 Å². The van der Waals surface area contributed by atoms with Gasteiger partial charge in [-0.1, -0.05) is 58.3 Å². The molecule has 0 aromatic rings. The molecule has 0 fully saturated rings. The van der Waals surface area contributed by atoms with Crippen molar-refractivity contribution < 1.29 is 39.3 Å². The SMILES string of the molecule is CCCCCCCCCCCC(=O)N[C@@H](CCC(=O)N[C@@H](CCC(=O)O)C(=O)O)C(=O)O. The van der Waals surface area contributed by atoms with Crippen molar-refractivity contribution in [2.24, 2.45) is 0 Å². The van der Waals surface area contributed by atoms with Gasteiger partial charge in [0.2, 0.25) is 11.8 Å². The summed E-state index contributed by atoms with van der Waals surface area (Å²) in [4.78, 5) is 57.0. The highest BCUT2D eigenvalue weighted by atomic mass is 16.4. The van der Waals surface area contributed by atoms with Crippen molar-refractivity contribution >= 4 is 29.7 Å². The maximum absolute atomic E-state index is 12.0. The van der Waals surface area contributed by atoms with E-state index in [2.05, 4.69) is 17.6 Å². The van der Waals surface area contributed by atoms with Crippen LogP contribution in [0.25, 0.3) is 0 Å². The van der Waals surface area contributed by atoms with Crippen LogP contribution in [0.1, 0.15) is 96.8 Å². The first-order valence-electron chi connectivity index (χ1n) is 11.4. The standard InChI is InChI=1S/C22H38N2O8/c1-2-3-4-5-6-7-8-9-10-11-18(25)23-16(21(29)30)12-14-19(26)24-17(22(31)32)13-15-20(27)28/h16-17H,2-15H2,1H3,(H,23,25)(H,24,26)(H,27,28)(H,29,30)(H,31,32)/t16-,17-/m0/s1. The molecule has 0 saturated heterocycles. The van der Waals surface area contributed by atoms with Crippen molar-refractivity contribution in [1.82, 2.24) is 10.6 Å². The first-order chi connectivity index (χ1) is 15.2. The van der Waals surface area contributed by atoms with Gasteiger partial charge in [-0.2, -0.15) is 0 Å². The molecule has 10 nitrogen and oxygen atoms in total. The van der Waals surface area contributed by atoms with Gasteiger partial charge in [-0.05, 0) is 19.3 Å². The quantitative estimate of drug-likeness (QED) is 0.173. The van der Waals surface area contributed by atoms with E-state index in [4.69, 9.17) is 10.2 Å². The van der Waals surface area contributed by atoms with Crippen molar-refractivity contribution in [3.8, 4) is 0 Å². The molecule has 0 aliphatic rings. The van der Waals surface area contributed by atoms with Crippen molar-refractivity contribution in [3.05, 3.63) is 0 Å². The monoisotopic (exact) mass is 458 g/mol. The molecule has 0 aromatic carbocycles. The maximum atomic E-state index is 12.0. The number of unbranched alkanes of at least 4 members (excludes halogenated alkanes) is 8. The number of carbonyl (C=O) groups excluding carboxylic acids is 2. The minimum Gasteiger partial charge on any atom is -0.481 e. The Morgan fingerprint density at radius 2 is 1.00 bits per heavy atom. The maximum Gasteiger partial charge on any atom is 0.326 e. The molecule has 0 aliphatic heterocycles. The summed E-state index contributed by atoms with van der Waals surface area (Å²) in [5, 5.41) is 31.5. The Hall–Kier alpha value is -2.65. The molecule has 2 amide bonds. The molecule has 184 valence electrons. The molecule has 10 heteroatoms. The van der Waals surface area contributed by atoms with Gasteiger partial charge in [0, 0.05) is 19.3 Å². The summed E-state index contributed by atoms with van der Waals surface area (Å²) >= 11 is 0. The van der Waals surface area contributed by atoms with Crippen LogP contribution in [0.5, 0.6) is 0 Å². The summed E-state index contributed by atoms with van der Waals surface area (Å²) in [7, 11) is 0. The number of nitrogens with one attached hydrogen (secondary N) is 2. The highest BCUT2D eigenvalue weighted by molar-refractivity contribution is 5.86. The fraction of sp³-hybridized carbons (Fsp3) is 0.773. The minimum atomic E-state index is -1.37. The smallest absolute Gasteiger partial charge is 0.326 e. The van der Waals surface area contributed by atoms with Crippen molar-refractivity contribution in [3.63, 3.8) is 0 Å². The first-order valence-corrected chi connectivity index (χ1v) is 11.4. The number of amides is 2. The van der Waals surface area contributed by atoms with Gasteiger partial charge in [-0.25, -0.2) is 9.59 Å². The van der Waals surface area contributed by atoms with Gasteiger partial charge in [-0.3, -0.25) is 14.4 Å². The summed E-state index contributed by atoms with van der Waals surface area (Å²) in [6.07, 6.45) is 8.87. The van der Waals surface area contributed by atoms with E-state index in [1.165, 1.54) is 32.1 Å². The molecule has 0 aromatic heterocycles. The zero-order valence-electron chi connectivity index (χ0n) is 18.9. The van der Waals surface area contributed by atoms with Gasteiger partial charge in [0.15, 0.2) is 0 Å².